The molecule has 0 spiro atoms. The van der Waals surface area contributed by atoms with E-state index < -0.39 is 0 Å². The van der Waals surface area contributed by atoms with Gasteiger partial charge in [-0.2, -0.15) is 0 Å². The first-order valence-corrected chi connectivity index (χ1v) is 10.6. The van der Waals surface area contributed by atoms with E-state index in [0.717, 1.165) is 30.8 Å². The van der Waals surface area contributed by atoms with E-state index in [1.807, 2.05) is 23.1 Å². The van der Waals surface area contributed by atoms with Crippen molar-refractivity contribution in [3.05, 3.63) is 65.2 Å². The molecular formula is C24H30ClN3O2. The Balaban J connectivity index is 0.00000256. The Hall–Kier alpha value is -2.37. The molecule has 0 aromatic heterocycles. The number of carbonyl (C=O) groups excluding carboxylic acids is 2. The maximum absolute atomic E-state index is 13.1. The van der Waals surface area contributed by atoms with Gasteiger partial charge in [-0.25, -0.2) is 0 Å². The minimum atomic E-state index is -0.140. The van der Waals surface area contributed by atoms with E-state index in [1.165, 1.54) is 11.1 Å². The fraction of sp³-hybridized carbons (Fsp3) is 0.417. The molecule has 2 N–H and O–H groups in total. The van der Waals surface area contributed by atoms with E-state index in [-0.39, 0.29) is 36.2 Å². The quantitative estimate of drug-likeness (QED) is 0.764. The summed E-state index contributed by atoms with van der Waals surface area (Å²) in [7, 11) is 0. The number of hydrogen-bond acceptors (Lipinski definition) is 3. The average molecular weight is 428 g/mol. The summed E-state index contributed by atoms with van der Waals surface area (Å²) >= 11 is 0. The number of hydrogen-bond donors (Lipinski definition) is 2. The minimum absolute atomic E-state index is 0. The lowest BCUT2D eigenvalue weighted by atomic mass is 9.89. The van der Waals surface area contributed by atoms with Gasteiger partial charge in [-0.05, 0) is 42.0 Å². The molecule has 2 aliphatic heterocycles. The van der Waals surface area contributed by atoms with E-state index in [9.17, 15) is 9.59 Å². The van der Waals surface area contributed by atoms with Crippen molar-refractivity contribution < 1.29 is 9.59 Å². The van der Waals surface area contributed by atoms with Crippen LogP contribution in [0.3, 0.4) is 0 Å². The van der Waals surface area contributed by atoms with Crippen molar-refractivity contribution in [2.45, 2.75) is 38.6 Å². The molecule has 5 nitrogen and oxygen atoms in total. The Morgan fingerprint density at radius 2 is 1.90 bits per heavy atom. The fourth-order valence-corrected chi connectivity index (χ4v) is 4.36. The first kappa shape index (κ1) is 22.3. The zero-order valence-corrected chi connectivity index (χ0v) is 18.2. The van der Waals surface area contributed by atoms with Gasteiger partial charge in [-0.15, -0.1) is 12.4 Å². The Kier molecular flexibility index (Phi) is 7.51. The predicted octanol–water partition coefficient (Wildman–Crippen LogP) is 3.73. The van der Waals surface area contributed by atoms with Crippen LogP contribution in [-0.2, 0) is 22.4 Å². The normalized spacial score (nSPS) is 20.7. The third-order valence-electron chi connectivity index (χ3n) is 6.16. The van der Waals surface area contributed by atoms with Crippen LogP contribution in [0.15, 0.2) is 48.5 Å². The molecule has 6 heteroatoms. The van der Waals surface area contributed by atoms with Crippen LogP contribution in [0.5, 0.6) is 0 Å². The highest BCUT2D eigenvalue weighted by molar-refractivity contribution is 5.96. The smallest absolute Gasteiger partial charge is 0.227 e. The van der Waals surface area contributed by atoms with Crippen LogP contribution >= 0.6 is 12.4 Å². The van der Waals surface area contributed by atoms with Gasteiger partial charge in [0.2, 0.25) is 11.8 Å². The number of piperazine rings is 1. The average Bonchev–Trinajstić information content (AvgIpc) is 2.77. The highest BCUT2D eigenvalue weighted by atomic mass is 35.5. The van der Waals surface area contributed by atoms with Crippen LogP contribution in [0.2, 0.25) is 0 Å². The Morgan fingerprint density at radius 3 is 2.67 bits per heavy atom. The summed E-state index contributed by atoms with van der Waals surface area (Å²) in [6.07, 6.45) is 2.71. The molecule has 160 valence electrons. The number of benzene rings is 2. The zero-order chi connectivity index (χ0) is 20.2. The maximum Gasteiger partial charge on any atom is 0.227 e. The standard InChI is InChI=1S/C24H29N3O2.ClH/c1-2-17-7-9-18(10-8-17)22-16-25-13-14-27(22)23(28)12-11-20-15-19-5-3-4-6-21(19)26-24(20)29;/h3-10,20,22,25H,2,11-16H2,1H3,(H,26,29);1H. The minimum Gasteiger partial charge on any atom is -0.333 e. The molecule has 0 saturated carbocycles. The number of carbonyl (C=O) groups is 2. The molecular weight excluding hydrogens is 398 g/mol. The lowest BCUT2D eigenvalue weighted by Gasteiger charge is -2.37. The molecule has 2 unspecified atom stereocenters. The zero-order valence-electron chi connectivity index (χ0n) is 17.4. The van der Waals surface area contributed by atoms with Crippen molar-refractivity contribution in [2.24, 2.45) is 5.92 Å². The molecule has 30 heavy (non-hydrogen) atoms. The van der Waals surface area contributed by atoms with Crippen molar-refractivity contribution in [1.29, 1.82) is 0 Å². The van der Waals surface area contributed by atoms with Gasteiger partial charge < -0.3 is 15.5 Å². The molecule has 4 rings (SSSR count). The first-order valence-electron chi connectivity index (χ1n) is 10.6. The second-order valence-electron chi connectivity index (χ2n) is 7.99. The van der Waals surface area contributed by atoms with Gasteiger partial charge in [0, 0.05) is 37.7 Å². The Bertz CT molecular complexity index is 884. The van der Waals surface area contributed by atoms with Crippen LogP contribution < -0.4 is 10.6 Å². The Labute approximate surface area is 184 Å². The van der Waals surface area contributed by atoms with Crippen LogP contribution in [0.25, 0.3) is 0 Å². The molecule has 2 aromatic carbocycles. The molecule has 0 aliphatic carbocycles. The largest absolute Gasteiger partial charge is 0.333 e. The SMILES string of the molecule is CCc1ccc(C2CNCCN2C(=O)CCC2Cc3ccccc3NC2=O)cc1.Cl. The van der Waals surface area contributed by atoms with Crippen molar-refractivity contribution in [1.82, 2.24) is 10.2 Å². The number of rotatable bonds is 5. The fourth-order valence-electron chi connectivity index (χ4n) is 4.36. The molecule has 2 aromatic rings. The third kappa shape index (κ3) is 4.85. The van der Waals surface area contributed by atoms with E-state index in [4.69, 9.17) is 0 Å². The van der Waals surface area contributed by atoms with Gasteiger partial charge >= 0.3 is 0 Å². The summed E-state index contributed by atoms with van der Waals surface area (Å²) in [5.41, 5.74) is 4.53. The van der Waals surface area contributed by atoms with E-state index in [2.05, 4.69) is 47.9 Å². The number of nitrogens with zero attached hydrogens (tertiary/aromatic N) is 1. The van der Waals surface area contributed by atoms with Crippen LogP contribution in [0.1, 0.15) is 42.5 Å². The molecule has 2 amide bonds. The highest BCUT2D eigenvalue weighted by Gasteiger charge is 2.30. The molecule has 1 saturated heterocycles. The molecule has 2 aliphatic rings. The second kappa shape index (κ2) is 10.1. The molecule has 1 fully saturated rings. The van der Waals surface area contributed by atoms with E-state index in [0.29, 0.717) is 25.8 Å². The van der Waals surface area contributed by atoms with Gasteiger partial charge in [0.25, 0.3) is 0 Å². The number of aryl methyl sites for hydroxylation is 1. The monoisotopic (exact) mass is 427 g/mol. The molecule has 2 heterocycles. The summed E-state index contributed by atoms with van der Waals surface area (Å²) in [4.78, 5) is 27.5. The molecule has 2 atom stereocenters. The van der Waals surface area contributed by atoms with E-state index in [1.54, 1.807) is 0 Å². The summed E-state index contributed by atoms with van der Waals surface area (Å²) in [5.74, 6) is 0.0327. The van der Waals surface area contributed by atoms with Crippen molar-refractivity contribution in [3.8, 4) is 0 Å². The summed E-state index contributed by atoms with van der Waals surface area (Å²) in [6.45, 7) is 4.44. The molecule has 0 bridgehead atoms. The van der Waals surface area contributed by atoms with Gasteiger partial charge in [0.05, 0.1) is 6.04 Å². The Morgan fingerprint density at radius 1 is 1.13 bits per heavy atom. The van der Waals surface area contributed by atoms with Crippen molar-refractivity contribution in [3.63, 3.8) is 0 Å². The number of nitrogens with one attached hydrogen (secondary N) is 2. The van der Waals surface area contributed by atoms with Crippen molar-refractivity contribution in [2.75, 3.05) is 25.0 Å². The lowest BCUT2D eigenvalue weighted by molar-refractivity contribution is -0.135. The van der Waals surface area contributed by atoms with Crippen LogP contribution in [-0.4, -0.2) is 36.3 Å². The topological polar surface area (TPSA) is 61.4 Å². The van der Waals surface area contributed by atoms with Crippen molar-refractivity contribution >= 4 is 29.9 Å². The maximum atomic E-state index is 13.1. The highest BCUT2D eigenvalue weighted by Crippen LogP contribution is 2.29. The molecule has 0 radical (unpaired) electrons. The number of anilines is 1. The lowest BCUT2D eigenvalue weighted by Crippen LogP contribution is -2.48. The summed E-state index contributed by atoms with van der Waals surface area (Å²) < 4.78 is 0. The summed E-state index contributed by atoms with van der Waals surface area (Å²) in [5, 5.41) is 6.40. The number of amides is 2. The van der Waals surface area contributed by atoms with Gasteiger partial charge in [0.1, 0.15) is 0 Å². The predicted molar refractivity (Wildman–Crippen MR) is 122 cm³/mol. The first-order chi connectivity index (χ1) is 14.2. The number of halogens is 1. The van der Waals surface area contributed by atoms with Gasteiger partial charge in [0.15, 0.2) is 0 Å². The third-order valence-corrected chi connectivity index (χ3v) is 6.16. The number of para-hydroxylation sites is 1. The van der Waals surface area contributed by atoms with Gasteiger partial charge in [-0.1, -0.05) is 49.4 Å². The second-order valence-corrected chi connectivity index (χ2v) is 7.99. The number of fused-ring (bicyclic) bond motifs is 1. The summed E-state index contributed by atoms with van der Waals surface area (Å²) in [6, 6.07) is 16.5. The van der Waals surface area contributed by atoms with E-state index >= 15 is 0 Å². The van der Waals surface area contributed by atoms with Crippen LogP contribution in [0.4, 0.5) is 5.69 Å². The van der Waals surface area contributed by atoms with Crippen LogP contribution in [0, 0.1) is 5.92 Å². The van der Waals surface area contributed by atoms with Gasteiger partial charge in [-0.3, -0.25) is 9.59 Å².